The Labute approximate surface area is 95.8 Å². The molecule has 0 aromatic heterocycles. The molecule has 0 saturated carbocycles. The van der Waals surface area contributed by atoms with E-state index in [0.29, 0.717) is 6.61 Å². The summed E-state index contributed by atoms with van der Waals surface area (Å²) in [6.45, 7) is 3.16. The summed E-state index contributed by atoms with van der Waals surface area (Å²) in [5.74, 6) is 0.120. The third-order valence-corrected chi connectivity index (χ3v) is 2.99. The minimum Gasteiger partial charge on any atom is -0.465 e. The Morgan fingerprint density at radius 2 is 2.19 bits per heavy atom. The summed E-state index contributed by atoms with van der Waals surface area (Å²) in [6, 6.07) is 9.98. The van der Waals surface area contributed by atoms with Crippen LogP contribution in [0.3, 0.4) is 0 Å². The van der Waals surface area contributed by atoms with E-state index >= 15 is 0 Å². The fourth-order valence-corrected chi connectivity index (χ4v) is 2.24. The van der Waals surface area contributed by atoms with E-state index in [0.717, 1.165) is 13.0 Å². The fraction of sp³-hybridized carbons (Fsp3) is 0.462. The number of hydrogen-bond donors (Lipinski definition) is 1. The molecule has 86 valence electrons. The van der Waals surface area contributed by atoms with E-state index < -0.39 is 0 Å². The van der Waals surface area contributed by atoms with Crippen molar-refractivity contribution in [3.05, 3.63) is 35.9 Å². The highest BCUT2D eigenvalue weighted by Gasteiger charge is 2.34. The number of rotatable bonds is 3. The molecule has 1 aromatic rings. The van der Waals surface area contributed by atoms with Crippen LogP contribution in [0.2, 0.25) is 0 Å². The molecular formula is C13H17NO2. The molecule has 0 bridgehead atoms. The van der Waals surface area contributed by atoms with Crippen molar-refractivity contribution in [2.45, 2.75) is 25.3 Å². The van der Waals surface area contributed by atoms with E-state index in [4.69, 9.17) is 4.74 Å². The lowest BCUT2D eigenvalue weighted by molar-refractivity contribution is -0.145. The van der Waals surface area contributed by atoms with Gasteiger partial charge in [-0.05, 0) is 25.5 Å². The van der Waals surface area contributed by atoms with Gasteiger partial charge in [0.15, 0.2) is 0 Å². The zero-order chi connectivity index (χ0) is 11.4. The van der Waals surface area contributed by atoms with Gasteiger partial charge in [0, 0.05) is 5.92 Å². The van der Waals surface area contributed by atoms with Crippen LogP contribution in [0.25, 0.3) is 0 Å². The topological polar surface area (TPSA) is 38.3 Å². The quantitative estimate of drug-likeness (QED) is 0.786. The molecule has 1 saturated heterocycles. The molecule has 0 unspecified atom stereocenters. The van der Waals surface area contributed by atoms with Gasteiger partial charge in [0.1, 0.15) is 6.04 Å². The van der Waals surface area contributed by atoms with Crippen LogP contribution in [0.4, 0.5) is 0 Å². The van der Waals surface area contributed by atoms with Crippen molar-refractivity contribution in [2.75, 3.05) is 13.2 Å². The van der Waals surface area contributed by atoms with Crippen LogP contribution < -0.4 is 5.32 Å². The summed E-state index contributed by atoms with van der Waals surface area (Å²) in [4.78, 5) is 11.7. The maximum atomic E-state index is 11.7. The van der Waals surface area contributed by atoms with Gasteiger partial charge in [0.2, 0.25) is 0 Å². The number of carbonyl (C=O) groups excluding carboxylic acids is 1. The average Bonchev–Trinajstić information content (AvgIpc) is 2.79. The summed E-state index contributed by atoms with van der Waals surface area (Å²) in [7, 11) is 0. The summed E-state index contributed by atoms with van der Waals surface area (Å²) in [5.41, 5.74) is 1.21. The minimum atomic E-state index is -0.178. The lowest BCUT2D eigenvalue weighted by atomic mass is 9.92. The molecule has 1 heterocycles. The molecule has 0 aliphatic carbocycles. The standard InChI is InChI=1S/C13H17NO2/c1-2-16-13(15)12-11(8-9-14-12)10-6-4-3-5-7-10/h3-7,11-12,14H,2,8-9H2,1H3/t11-,12-/m1/s1. The van der Waals surface area contributed by atoms with Crippen LogP contribution >= 0.6 is 0 Å². The van der Waals surface area contributed by atoms with Gasteiger partial charge in [-0.2, -0.15) is 0 Å². The second kappa shape index (κ2) is 5.12. The maximum absolute atomic E-state index is 11.7. The van der Waals surface area contributed by atoms with E-state index in [-0.39, 0.29) is 17.9 Å². The summed E-state index contributed by atoms with van der Waals surface area (Å²) in [6.07, 6.45) is 0.994. The van der Waals surface area contributed by atoms with Crippen molar-refractivity contribution in [2.24, 2.45) is 0 Å². The highest BCUT2D eigenvalue weighted by Crippen LogP contribution is 2.28. The molecule has 0 spiro atoms. The lowest BCUT2D eigenvalue weighted by Gasteiger charge is -2.18. The Morgan fingerprint density at radius 3 is 2.88 bits per heavy atom. The van der Waals surface area contributed by atoms with Crippen LogP contribution in [0, 0.1) is 0 Å². The molecule has 2 atom stereocenters. The van der Waals surface area contributed by atoms with E-state index in [1.807, 2.05) is 25.1 Å². The number of benzene rings is 1. The predicted octanol–water partition coefficient (Wildman–Crippen LogP) is 1.70. The Hall–Kier alpha value is -1.35. The molecule has 1 fully saturated rings. The molecule has 2 rings (SSSR count). The van der Waals surface area contributed by atoms with Crippen molar-refractivity contribution < 1.29 is 9.53 Å². The van der Waals surface area contributed by atoms with E-state index in [2.05, 4.69) is 17.4 Å². The molecule has 3 heteroatoms. The molecule has 1 aliphatic rings. The van der Waals surface area contributed by atoms with Gasteiger partial charge in [-0.25, -0.2) is 0 Å². The van der Waals surface area contributed by atoms with Crippen molar-refractivity contribution in [1.29, 1.82) is 0 Å². The van der Waals surface area contributed by atoms with Crippen LogP contribution in [-0.4, -0.2) is 25.2 Å². The van der Waals surface area contributed by atoms with Gasteiger partial charge in [-0.1, -0.05) is 30.3 Å². The first-order valence-electron chi connectivity index (χ1n) is 5.78. The first-order chi connectivity index (χ1) is 7.83. The van der Waals surface area contributed by atoms with Crippen molar-refractivity contribution >= 4 is 5.97 Å². The monoisotopic (exact) mass is 219 g/mol. The second-order valence-corrected chi connectivity index (χ2v) is 3.99. The predicted molar refractivity (Wildman–Crippen MR) is 62.2 cm³/mol. The molecule has 0 amide bonds. The Bertz CT molecular complexity index is 350. The van der Waals surface area contributed by atoms with E-state index in [1.54, 1.807) is 0 Å². The molecule has 3 nitrogen and oxygen atoms in total. The van der Waals surface area contributed by atoms with Crippen LogP contribution in [0.15, 0.2) is 30.3 Å². The smallest absolute Gasteiger partial charge is 0.323 e. The molecule has 1 aromatic carbocycles. The first kappa shape index (κ1) is 11.1. The maximum Gasteiger partial charge on any atom is 0.323 e. The van der Waals surface area contributed by atoms with Gasteiger partial charge < -0.3 is 10.1 Å². The number of ether oxygens (including phenoxy) is 1. The van der Waals surface area contributed by atoms with Crippen LogP contribution in [0.5, 0.6) is 0 Å². The highest BCUT2D eigenvalue weighted by atomic mass is 16.5. The largest absolute Gasteiger partial charge is 0.465 e. The summed E-state index contributed by atoms with van der Waals surface area (Å²) < 4.78 is 5.08. The van der Waals surface area contributed by atoms with Crippen LogP contribution in [0.1, 0.15) is 24.8 Å². The molecule has 1 N–H and O–H groups in total. The Balaban J connectivity index is 2.12. The first-order valence-corrected chi connectivity index (χ1v) is 5.78. The van der Waals surface area contributed by atoms with Gasteiger partial charge in [-0.15, -0.1) is 0 Å². The van der Waals surface area contributed by atoms with Gasteiger partial charge in [0.25, 0.3) is 0 Å². The van der Waals surface area contributed by atoms with Gasteiger partial charge in [0.05, 0.1) is 6.61 Å². The van der Waals surface area contributed by atoms with E-state index in [1.165, 1.54) is 5.56 Å². The normalized spacial score (nSPS) is 24.3. The van der Waals surface area contributed by atoms with Crippen molar-refractivity contribution in [3.63, 3.8) is 0 Å². The summed E-state index contributed by atoms with van der Waals surface area (Å²) >= 11 is 0. The lowest BCUT2D eigenvalue weighted by Crippen LogP contribution is -2.36. The Morgan fingerprint density at radius 1 is 1.44 bits per heavy atom. The summed E-state index contributed by atoms with van der Waals surface area (Å²) in [5, 5.41) is 3.22. The number of esters is 1. The molecule has 16 heavy (non-hydrogen) atoms. The average molecular weight is 219 g/mol. The second-order valence-electron chi connectivity index (χ2n) is 3.99. The number of nitrogens with one attached hydrogen (secondary N) is 1. The van der Waals surface area contributed by atoms with Crippen molar-refractivity contribution in [3.8, 4) is 0 Å². The fourth-order valence-electron chi connectivity index (χ4n) is 2.24. The van der Waals surface area contributed by atoms with Crippen molar-refractivity contribution in [1.82, 2.24) is 5.32 Å². The highest BCUT2D eigenvalue weighted by molar-refractivity contribution is 5.77. The zero-order valence-corrected chi connectivity index (χ0v) is 9.48. The third kappa shape index (κ3) is 2.25. The molecule has 0 radical (unpaired) electrons. The Kier molecular flexibility index (Phi) is 3.57. The minimum absolute atomic E-state index is 0.131. The number of carbonyl (C=O) groups is 1. The molecular weight excluding hydrogens is 202 g/mol. The van der Waals surface area contributed by atoms with Gasteiger partial charge >= 0.3 is 5.97 Å². The third-order valence-electron chi connectivity index (χ3n) is 2.99. The van der Waals surface area contributed by atoms with E-state index in [9.17, 15) is 4.79 Å². The van der Waals surface area contributed by atoms with Crippen LogP contribution in [-0.2, 0) is 9.53 Å². The number of hydrogen-bond acceptors (Lipinski definition) is 3. The van der Waals surface area contributed by atoms with Gasteiger partial charge in [-0.3, -0.25) is 4.79 Å². The molecule has 1 aliphatic heterocycles. The SMILES string of the molecule is CCOC(=O)[C@@H]1NCC[C@@H]1c1ccccc1. The zero-order valence-electron chi connectivity index (χ0n) is 9.48.